The van der Waals surface area contributed by atoms with Gasteiger partial charge in [0.15, 0.2) is 0 Å². The van der Waals surface area contributed by atoms with Gasteiger partial charge in [-0.25, -0.2) is 0 Å². The first-order valence-corrected chi connectivity index (χ1v) is 7.11. The molecular weight excluding hydrogens is 252 g/mol. The van der Waals surface area contributed by atoms with Gasteiger partial charge in [-0.3, -0.25) is 4.79 Å². The maximum Gasteiger partial charge on any atom is 0.234 e. The molecular formula is C16H24N2O2. The first-order valence-electron chi connectivity index (χ1n) is 7.11. The average molecular weight is 276 g/mol. The summed E-state index contributed by atoms with van der Waals surface area (Å²) in [5.41, 5.74) is 2.84. The van der Waals surface area contributed by atoms with Crippen LogP contribution in [0.1, 0.15) is 31.0 Å². The van der Waals surface area contributed by atoms with Gasteiger partial charge in [0.05, 0.1) is 13.2 Å². The molecule has 20 heavy (non-hydrogen) atoms. The van der Waals surface area contributed by atoms with Crippen LogP contribution in [0.2, 0.25) is 0 Å². The molecule has 0 aromatic heterocycles. The number of hydrogen-bond donors (Lipinski definition) is 2. The Morgan fingerprint density at radius 1 is 1.40 bits per heavy atom. The van der Waals surface area contributed by atoms with Gasteiger partial charge in [0.1, 0.15) is 0 Å². The van der Waals surface area contributed by atoms with Gasteiger partial charge < -0.3 is 15.4 Å². The van der Waals surface area contributed by atoms with Gasteiger partial charge in [0, 0.05) is 19.7 Å². The number of carbonyl (C=O) groups is 1. The van der Waals surface area contributed by atoms with Gasteiger partial charge in [0.2, 0.25) is 5.91 Å². The van der Waals surface area contributed by atoms with Gasteiger partial charge in [-0.05, 0) is 23.0 Å². The van der Waals surface area contributed by atoms with E-state index in [0.717, 1.165) is 6.42 Å². The molecule has 0 saturated heterocycles. The highest BCUT2D eigenvalue weighted by Gasteiger charge is 2.38. The number of methoxy groups -OCH3 is 1. The molecule has 1 atom stereocenters. The summed E-state index contributed by atoms with van der Waals surface area (Å²) in [5.74, 6) is 0.0160. The Bertz CT molecular complexity index is 471. The predicted molar refractivity (Wildman–Crippen MR) is 79.6 cm³/mol. The zero-order valence-electron chi connectivity index (χ0n) is 12.5. The molecule has 1 aliphatic carbocycles. The molecule has 2 N–H and O–H groups in total. The van der Waals surface area contributed by atoms with Crippen molar-refractivity contribution in [1.82, 2.24) is 10.6 Å². The lowest BCUT2D eigenvalue weighted by Crippen LogP contribution is -2.40. The van der Waals surface area contributed by atoms with Gasteiger partial charge in [-0.15, -0.1) is 0 Å². The van der Waals surface area contributed by atoms with Crippen molar-refractivity contribution in [2.24, 2.45) is 5.41 Å². The topological polar surface area (TPSA) is 50.4 Å². The third kappa shape index (κ3) is 3.38. The summed E-state index contributed by atoms with van der Waals surface area (Å²) in [6.45, 7) is 5.93. The Balaban J connectivity index is 1.93. The van der Waals surface area contributed by atoms with Crippen LogP contribution in [0.25, 0.3) is 0 Å². The molecule has 0 heterocycles. The summed E-state index contributed by atoms with van der Waals surface area (Å²) < 4.78 is 4.91. The molecule has 2 rings (SSSR count). The minimum Gasteiger partial charge on any atom is -0.383 e. The number of rotatable bonds is 6. The third-order valence-corrected chi connectivity index (χ3v) is 3.89. The van der Waals surface area contributed by atoms with E-state index in [0.29, 0.717) is 19.7 Å². The Hall–Kier alpha value is -1.39. The molecule has 1 aromatic rings. The largest absolute Gasteiger partial charge is 0.383 e. The number of hydrogen-bond acceptors (Lipinski definition) is 3. The maximum absolute atomic E-state index is 11.8. The highest BCUT2D eigenvalue weighted by Crippen LogP contribution is 2.44. The molecule has 0 spiro atoms. The summed E-state index contributed by atoms with van der Waals surface area (Å²) in [6.07, 6.45) is 1.05. The molecule has 1 amide bonds. The van der Waals surface area contributed by atoms with Crippen molar-refractivity contribution < 1.29 is 9.53 Å². The van der Waals surface area contributed by atoms with Gasteiger partial charge in [0.25, 0.3) is 0 Å². The van der Waals surface area contributed by atoms with E-state index in [9.17, 15) is 4.79 Å². The minimum atomic E-state index is 0.0160. The van der Waals surface area contributed by atoms with Crippen LogP contribution >= 0.6 is 0 Å². The van der Waals surface area contributed by atoms with E-state index in [2.05, 4.69) is 48.7 Å². The number of amides is 1. The van der Waals surface area contributed by atoms with Gasteiger partial charge in [-0.2, -0.15) is 0 Å². The van der Waals surface area contributed by atoms with E-state index >= 15 is 0 Å². The number of fused-ring (bicyclic) bond motifs is 1. The molecule has 1 aliphatic rings. The smallest absolute Gasteiger partial charge is 0.234 e. The van der Waals surface area contributed by atoms with Crippen molar-refractivity contribution in [2.75, 3.05) is 26.8 Å². The fraction of sp³-hybridized carbons (Fsp3) is 0.562. The van der Waals surface area contributed by atoms with Gasteiger partial charge >= 0.3 is 0 Å². The monoisotopic (exact) mass is 276 g/mol. The Labute approximate surface area is 120 Å². The molecule has 0 aliphatic heterocycles. The van der Waals surface area contributed by atoms with Crippen molar-refractivity contribution in [3.8, 4) is 0 Å². The zero-order chi connectivity index (χ0) is 14.6. The fourth-order valence-electron chi connectivity index (χ4n) is 2.93. The second-order valence-electron chi connectivity index (χ2n) is 6.02. The average Bonchev–Trinajstić information content (AvgIpc) is 2.66. The highest BCUT2D eigenvalue weighted by atomic mass is 16.5. The predicted octanol–water partition coefficient (Wildman–Crippen LogP) is 1.66. The SMILES string of the molecule is COCCNC(=O)CNC1c2ccccc2CC1(C)C. The van der Waals surface area contributed by atoms with Crippen LogP contribution in [-0.2, 0) is 16.0 Å². The van der Waals surface area contributed by atoms with E-state index in [4.69, 9.17) is 4.74 Å². The van der Waals surface area contributed by atoms with Crippen LogP contribution in [-0.4, -0.2) is 32.7 Å². The summed E-state index contributed by atoms with van der Waals surface area (Å²) in [5, 5.41) is 6.23. The second kappa shape index (κ2) is 6.37. The van der Waals surface area contributed by atoms with Crippen LogP contribution in [0.5, 0.6) is 0 Å². The van der Waals surface area contributed by atoms with Crippen molar-refractivity contribution in [3.63, 3.8) is 0 Å². The summed E-state index contributed by atoms with van der Waals surface area (Å²) in [6, 6.07) is 8.71. The van der Waals surface area contributed by atoms with Crippen molar-refractivity contribution in [1.29, 1.82) is 0 Å². The lowest BCUT2D eigenvalue weighted by Gasteiger charge is -2.28. The highest BCUT2D eigenvalue weighted by molar-refractivity contribution is 5.78. The first kappa shape index (κ1) is 15.0. The molecule has 0 saturated carbocycles. The maximum atomic E-state index is 11.8. The second-order valence-corrected chi connectivity index (χ2v) is 6.02. The van der Waals surface area contributed by atoms with Crippen LogP contribution in [0.15, 0.2) is 24.3 Å². The van der Waals surface area contributed by atoms with E-state index in [-0.39, 0.29) is 17.4 Å². The number of benzene rings is 1. The van der Waals surface area contributed by atoms with E-state index in [1.165, 1.54) is 11.1 Å². The summed E-state index contributed by atoms with van der Waals surface area (Å²) >= 11 is 0. The number of ether oxygens (including phenoxy) is 1. The Morgan fingerprint density at radius 3 is 2.90 bits per heavy atom. The standard InChI is InChI=1S/C16H24N2O2/c1-16(2)10-12-6-4-5-7-13(12)15(16)18-11-14(19)17-8-9-20-3/h4-7,15,18H,8-11H2,1-3H3,(H,17,19). The van der Waals surface area contributed by atoms with E-state index in [1.54, 1.807) is 7.11 Å². The minimum absolute atomic E-state index is 0.0160. The number of nitrogens with one attached hydrogen (secondary N) is 2. The molecule has 1 unspecified atom stereocenters. The molecule has 110 valence electrons. The van der Waals surface area contributed by atoms with Crippen LogP contribution in [0.3, 0.4) is 0 Å². The Kier molecular flexibility index (Phi) is 4.78. The Morgan fingerprint density at radius 2 is 2.15 bits per heavy atom. The van der Waals surface area contributed by atoms with Crippen LogP contribution < -0.4 is 10.6 Å². The normalized spacial score (nSPS) is 19.6. The van der Waals surface area contributed by atoms with Gasteiger partial charge in [-0.1, -0.05) is 38.1 Å². The van der Waals surface area contributed by atoms with Crippen molar-refractivity contribution in [3.05, 3.63) is 35.4 Å². The molecule has 1 aromatic carbocycles. The quantitative estimate of drug-likeness (QED) is 0.777. The lowest BCUT2D eigenvalue weighted by atomic mass is 9.85. The summed E-state index contributed by atoms with van der Waals surface area (Å²) in [4.78, 5) is 11.8. The van der Waals surface area contributed by atoms with Crippen molar-refractivity contribution >= 4 is 5.91 Å². The summed E-state index contributed by atoms with van der Waals surface area (Å²) in [7, 11) is 1.63. The van der Waals surface area contributed by atoms with Crippen molar-refractivity contribution in [2.45, 2.75) is 26.3 Å². The zero-order valence-corrected chi connectivity index (χ0v) is 12.5. The molecule has 0 fully saturated rings. The molecule has 0 radical (unpaired) electrons. The molecule has 4 nitrogen and oxygen atoms in total. The number of carbonyl (C=O) groups excluding carboxylic acids is 1. The third-order valence-electron chi connectivity index (χ3n) is 3.89. The van der Waals surface area contributed by atoms with E-state index < -0.39 is 0 Å². The fourth-order valence-corrected chi connectivity index (χ4v) is 2.93. The van der Waals surface area contributed by atoms with E-state index in [1.807, 2.05) is 0 Å². The van der Waals surface area contributed by atoms with Crippen LogP contribution in [0.4, 0.5) is 0 Å². The van der Waals surface area contributed by atoms with Crippen LogP contribution in [0, 0.1) is 5.41 Å². The molecule has 0 bridgehead atoms. The first-order chi connectivity index (χ1) is 9.54. The molecule has 4 heteroatoms. The lowest BCUT2D eigenvalue weighted by molar-refractivity contribution is -0.120.